The van der Waals surface area contributed by atoms with E-state index in [1.807, 2.05) is 20.8 Å². The summed E-state index contributed by atoms with van der Waals surface area (Å²) in [6, 6.07) is 0. The maximum Gasteiger partial charge on any atom is 0.168 e. The number of benzene rings is 1. The third-order valence-corrected chi connectivity index (χ3v) is 5.66. The summed E-state index contributed by atoms with van der Waals surface area (Å²) >= 11 is 0. The van der Waals surface area contributed by atoms with Gasteiger partial charge in [-0.1, -0.05) is 12.1 Å². The Bertz CT molecular complexity index is 805. The van der Waals surface area contributed by atoms with Crippen molar-refractivity contribution in [2.75, 3.05) is 13.7 Å². The second-order valence-electron chi connectivity index (χ2n) is 7.11. The van der Waals surface area contributed by atoms with Gasteiger partial charge in [-0.2, -0.15) is 0 Å². The van der Waals surface area contributed by atoms with Crippen molar-refractivity contribution < 1.29 is 19.5 Å². The molecule has 0 bridgehead atoms. The number of Topliss-reactive ketones (excluding diaryl/α,β-unsaturated/α-hetero) is 1. The minimum atomic E-state index is -0.112. The van der Waals surface area contributed by atoms with Crippen molar-refractivity contribution in [1.82, 2.24) is 0 Å². The van der Waals surface area contributed by atoms with Gasteiger partial charge in [-0.15, -0.1) is 0 Å². The van der Waals surface area contributed by atoms with E-state index in [1.165, 1.54) is 11.1 Å². The summed E-state index contributed by atoms with van der Waals surface area (Å²) < 4.78 is 5.71. The number of carbonyl (C=O) groups is 1. The molecule has 0 saturated heterocycles. The van der Waals surface area contributed by atoms with Crippen molar-refractivity contribution in [3.8, 4) is 5.75 Å². The number of aliphatic hydroxyl groups excluding tert-OH is 1. The monoisotopic (exact) mass is 373 g/mol. The van der Waals surface area contributed by atoms with Crippen LogP contribution in [-0.2, 0) is 9.63 Å². The smallest absolute Gasteiger partial charge is 0.168 e. The molecule has 0 heterocycles. The first kappa shape index (κ1) is 21.0. The zero-order valence-electron chi connectivity index (χ0n) is 17.5. The molecule has 1 N–H and O–H groups in total. The summed E-state index contributed by atoms with van der Waals surface area (Å²) in [5.74, 6) is 0.707. The Balaban J connectivity index is 2.53. The summed E-state index contributed by atoms with van der Waals surface area (Å²) in [7, 11) is 1.66. The van der Waals surface area contributed by atoms with Crippen LogP contribution in [-0.4, -0.2) is 30.3 Å². The molecule has 0 spiro atoms. The second-order valence-corrected chi connectivity index (χ2v) is 7.11. The van der Waals surface area contributed by atoms with Crippen molar-refractivity contribution in [1.29, 1.82) is 0 Å². The van der Waals surface area contributed by atoms with Crippen molar-refractivity contribution in [2.24, 2.45) is 5.16 Å². The van der Waals surface area contributed by atoms with Gasteiger partial charge in [0.15, 0.2) is 5.78 Å². The first-order valence-electron chi connectivity index (χ1n) is 9.57. The van der Waals surface area contributed by atoms with Gasteiger partial charge in [-0.05, 0) is 63.3 Å². The molecule has 0 amide bonds. The average Bonchev–Trinajstić information content (AvgIpc) is 2.64. The molecule has 0 radical (unpaired) electrons. The first-order valence-corrected chi connectivity index (χ1v) is 9.57. The average molecular weight is 373 g/mol. The molecule has 5 heteroatoms. The van der Waals surface area contributed by atoms with Gasteiger partial charge in [0.2, 0.25) is 0 Å². The van der Waals surface area contributed by atoms with Crippen LogP contribution in [0.3, 0.4) is 0 Å². The number of ketones is 1. The zero-order valence-corrected chi connectivity index (χ0v) is 17.5. The van der Waals surface area contributed by atoms with E-state index in [2.05, 4.69) is 25.9 Å². The Labute approximate surface area is 162 Å². The van der Waals surface area contributed by atoms with Crippen LogP contribution in [0, 0.1) is 27.7 Å². The van der Waals surface area contributed by atoms with Crippen LogP contribution in [0.4, 0.5) is 0 Å². The predicted octanol–water partition coefficient (Wildman–Crippen LogP) is 4.99. The van der Waals surface area contributed by atoms with Gasteiger partial charge in [-0.3, -0.25) is 4.79 Å². The topological polar surface area (TPSA) is 68.1 Å². The number of methoxy groups -OCH3 is 1. The Morgan fingerprint density at radius 3 is 2.22 bits per heavy atom. The fourth-order valence-corrected chi connectivity index (χ4v) is 3.92. The molecule has 148 valence electrons. The molecular formula is C22H31NO4. The number of nitrogens with zero attached hydrogens (tertiary/aromatic N) is 1. The lowest BCUT2D eigenvalue weighted by Gasteiger charge is -2.29. The molecule has 1 aliphatic rings. The van der Waals surface area contributed by atoms with E-state index in [0.29, 0.717) is 37.2 Å². The number of hydrogen-bond acceptors (Lipinski definition) is 5. The highest BCUT2D eigenvalue weighted by Gasteiger charge is 2.34. The van der Waals surface area contributed by atoms with Gasteiger partial charge in [0.25, 0.3) is 0 Å². The Kier molecular flexibility index (Phi) is 6.68. The Hall–Kier alpha value is -2.30. The van der Waals surface area contributed by atoms with Crippen molar-refractivity contribution >= 4 is 11.5 Å². The standard InChI is InChI=1S/C22H31NO4/c1-8-17(23-27-9-2)21-18(24)10-16(11-19(21)25)20-14(5)12(3)13(4)15(6)22(20)26-7/h16,24H,8-11H2,1-7H3. The van der Waals surface area contributed by atoms with E-state index >= 15 is 0 Å². The maximum atomic E-state index is 12.9. The van der Waals surface area contributed by atoms with Crippen molar-refractivity contribution in [3.63, 3.8) is 0 Å². The number of rotatable bonds is 6. The third kappa shape index (κ3) is 3.87. The molecule has 1 aromatic rings. The van der Waals surface area contributed by atoms with E-state index in [-0.39, 0.29) is 17.5 Å². The Morgan fingerprint density at radius 1 is 1.07 bits per heavy atom. The van der Waals surface area contributed by atoms with Crippen LogP contribution in [0.2, 0.25) is 0 Å². The third-order valence-electron chi connectivity index (χ3n) is 5.66. The van der Waals surface area contributed by atoms with Crippen LogP contribution in [0.1, 0.15) is 66.8 Å². The minimum Gasteiger partial charge on any atom is -0.511 e. The number of carbonyl (C=O) groups excluding carboxylic acids is 1. The van der Waals surface area contributed by atoms with E-state index in [9.17, 15) is 9.90 Å². The number of oxime groups is 1. The normalized spacial score (nSPS) is 18.1. The van der Waals surface area contributed by atoms with Crippen molar-refractivity contribution in [2.45, 2.75) is 66.7 Å². The van der Waals surface area contributed by atoms with Gasteiger partial charge < -0.3 is 14.7 Å². The number of hydrogen-bond donors (Lipinski definition) is 1. The summed E-state index contributed by atoms with van der Waals surface area (Å²) in [5.41, 5.74) is 6.48. The molecular weight excluding hydrogens is 342 g/mol. The second kappa shape index (κ2) is 8.59. The first-order chi connectivity index (χ1) is 12.8. The molecule has 0 fully saturated rings. The largest absolute Gasteiger partial charge is 0.511 e. The number of aliphatic hydroxyl groups is 1. The van der Waals surface area contributed by atoms with Crippen LogP contribution >= 0.6 is 0 Å². The van der Waals surface area contributed by atoms with Crippen LogP contribution in [0.25, 0.3) is 0 Å². The van der Waals surface area contributed by atoms with Gasteiger partial charge in [0.1, 0.15) is 18.1 Å². The highest BCUT2D eigenvalue weighted by Crippen LogP contribution is 2.43. The summed E-state index contributed by atoms with van der Waals surface area (Å²) in [6.07, 6.45) is 1.25. The number of ether oxygens (including phenoxy) is 1. The molecule has 0 aliphatic heterocycles. The Morgan fingerprint density at radius 2 is 1.70 bits per heavy atom. The maximum absolute atomic E-state index is 12.9. The zero-order chi connectivity index (χ0) is 20.3. The van der Waals surface area contributed by atoms with Gasteiger partial charge >= 0.3 is 0 Å². The number of allylic oxidation sites excluding steroid dienone is 2. The highest BCUT2D eigenvalue weighted by atomic mass is 16.6. The van der Waals surface area contributed by atoms with Crippen LogP contribution in [0.5, 0.6) is 5.75 Å². The van der Waals surface area contributed by atoms with E-state index in [0.717, 1.165) is 22.4 Å². The van der Waals surface area contributed by atoms with E-state index in [4.69, 9.17) is 9.57 Å². The molecule has 0 aromatic heterocycles. The lowest BCUT2D eigenvalue weighted by atomic mass is 9.77. The van der Waals surface area contributed by atoms with E-state index in [1.54, 1.807) is 7.11 Å². The summed E-state index contributed by atoms with van der Waals surface area (Å²) in [5, 5.41) is 14.7. The predicted molar refractivity (Wildman–Crippen MR) is 108 cm³/mol. The fraction of sp³-hybridized carbons (Fsp3) is 0.545. The van der Waals surface area contributed by atoms with Crippen LogP contribution in [0.15, 0.2) is 16.5 Å². The fourth-order valence-electron chi connectivity index (χ4n) is 3.92. The molecule has 1 unspecified atom stereocenters. The lowest BCUT2D eigenvalue weighted by Crippen LogP contribution is -2.24. The molecule has 0 saturated carbocycles. The summed E-state index contributed by atoms with van der Waals surface area (Å²) in [4.78, 5) is 18.0. The van der Waals surface area contributed by atoms with Gasteiger partial charge in [0, 0.05) is 24.3 Å². The molecule has 2 rings (SSSR count). The lowest BCUT2D eigenvalue weighted by molar-refractivity contribution is -0.116. The molecule has 1 aromatic carbocycles. The quantitative estimate of drug-likeness (QED) is 0.563. The highest BCUT2D eigenvalue weighted by molar-refractivity contribution is 6.23. The molecule has 1 atom stereocenters. The SMILES string of the molecule is CCON=C(CC)C1=C(O)CC(c2c(C)c(C)c(C)c(C)c2OC)CC1=O. The van der Waals surface area contributed by atoms with Crippen molar-refractivity contribution in [3.05, 3.63) is 39.1 Å². The van der Waals surface area contributed by atoms with Gasteiger partial charge in [0.05, 0.1) is 18.4 Å². The van der Waals surface area contributed by atoms with Gasteiger partial charge in [-0.25, -0.2) is 0 Å². The van der Waals surface area contributed by atoms with Crippen LogP contribution < -0.4 is 4.74 Å². The molecule has 5 nitrogen and oxygen atoms in total. The molecule has 27 heavy (non-hydrogen) atoms. The summed E-state index contributed by atoms with van der Waals surface area (Å²) in [6.45, 7) is 12.4. The molecule has 1 aliphatic carbocycles. The minimum absolute atomic E-state index is 0.0916. The van der Waals surface area contributed by atoms with E-state index < -0.39 is 0 Å².